The van der Waals surface area contributed by atoms with Crippen LogP contribution in [0.3, 0.4) is 0 Å². The van der Waals surface area contributed by atoms with Crippen LogP contribution in [0.5, 0.6) is 11.5 Å². The molecule has 2 aliphatic rings. The topological polar surface area (TPSA) is 262 Å². The van der Waals surface area contributed by atoms with E-state index in [1.54, 1.807) is 0 Å². The van der Waals surface area contributed by atoms with E-state index in [1.165, 1.54) is 42.5 Å². The van der Waals surface area contributed by atoms with Crippen LogP contribution in [-0.2, 0) is 28.5 Å². The molecule has 1 atom stereocenters. The van der Waals surface area contributed by atoms with Crippen LogP contribution in [0.15, 0.2) is 57.7 Å². The number of aromatic hydroxyl groups is 1. The number of phenolic OH excluding ortho intramolecular Hbond substituents is 1. The molecule has 0 aromatic heterocycles. The van der Waals surface area contributed by atoms with E-state index in [-0.39, 0.29) is 65.8 Å². The maximum Gasteiger partial charge on any atom is 0.323 e. The molecule has 1 aliphatic carbocycles. The molecule has 0 spiro atoms. The smallest absolute Gasteiger partial charge is 0.323 e. The highest BCUT2D eigenvalue weighted by Crippen LogP contribution is 2.48. The van der Waals surface area contributed by atoms with Crippen LogP contribution >= 0.6 is 7.37 Å². The van der Waals surface area contributed by atoms with Gasteiger partial charge in [-0.1, -0.05) is 0 Å². The van der Waals surface area contributed by atoms with E-state index >= 15 is 0 Å². The standard InChI is InChI=1S/C32H33N2O15P/c1-50(45,46)27-13-23(34(16-30(41)42)17-31(43)44)26(48-9-8-47-7-6-33(14-28(37)38)15-29(39)40)12-22(27)32-20-4-2-18(35)10-24(20)49-25-11-19(36)3-5-21(25)32/h2-5,10-13,35H,6-9,14-17H2,1H3,(H,37,38)(H,39,40)(H,41,42)(H,43,44)(H,45,46). The molecule has 17 nitrogen and oxygen atoms in total. The van der Waals surface area contributed by atoms with Crippen molar-refractivity contribution in [3.05, 3.63) is 58.8 Å². The highest BCUT2D eigenvalue weighted by atomic mass is 31.2. The molecule has 2 aromatic rings. The molecule has 0 saturated carbocycles. The molecule has 0 radical (unpaired) electrons. The molecular formula is C32H33N2O15P. The monoisotopic (exact) mass is 716 g/mol. The zero-order valence-electron chi connectivity index (χ0n) is 26.5. The molecule has 1 unspecified atom stereocenters. The largest absolute Gasteiger partial charge is 0.508 e. The lowest BCUT2D eigenvalue weighted by molar-refractivity contribution is -0.142. The normalized spacial score (nSPS) is 12.5. The van der Waals surface area contributed by atoms with E-state index in [4.69, 9.17) is 24.1 Å². The van der Waals surface area contributed by atoms with Crippen molar-refractivity contribution >= 4 is 53.2 Å². The van der Waals surface area contributed by atoms with Gasteiger partial charge < -0.3 is 49.2 Å². The second kappa shape index (κ2) is 15.8. The maximum absolute atomic E-state index is 13.5. The van der Waals surface area contributed by atoms with Crippen molar-refractivity contribution < 1.29 is 68.1 Å². The Hall–Kier alpha value is -5.48. The van der Waals surface area contributed by atoms with Crippen molar-refractivity contribution in [3.63, 3.8) is 0 Å². The number of hydrogen-bond acceptors (Lipinski definition) is 12. The molecule has 0 amide bonds. The fourth-order valence-corrected chi connectivity index (χ4v) is 6.25. The summed E-state index contributed by atoms with van der Waals surface area (Å²) < 4.78 is 30.9. The third-order valence-electron chi connectivity index (χ3n) is 7.22. The quantitative estimate of drug-likeness (QED) is 0.0485. The Balaban J connectivity index is 1.83. The molecule has 18 heteroatoms. The van der Waals surface area contributed by atoms with Crippen LogP contribution < -0.4 is 20.4 Å². The minimum atomic E-state index is -4.25. The lowest BCUT2D eigenvalue weighted by Crippen LogP contribution is -2.37. The zero-order chi connectivity index (χ0) is 36.7. The molecule has 1 aliphatic heterocycles. The molecule has 4 rings (SSSR count). The Morgan fingerprint density at radius 3 is 2.04 bits per heavy atom. The summed E-state index contributed by atoms with van der Waals surface area (Å²) in [5.41, 5.74) is 0.289. The number of carboxylic acids is 4. The number of fused-ring (bicyclic) bond motifs is 2. The highest BCUT2D eigenvalue weighted by Gasteiger charge is 2.30. The van der Waals surface area contributed by atoms with Gasteiger partial charge in [0.1, 0.15) is 42.5 Å². The number of carbonyl (C=O) groups is 4. The van der Waals surface area contributed by atoms with Crippen LogP contribution in [0.25, 0.3) is 33.4 Å². The van der Waals surface area contributed by atoms with Crippen molar-refractivity contribution in [1.82, 2.24) is 4.90 Å². The number of phenols is 1. The number of hydrogen-bond donors (Lipinski definition) is 6. The molecule has 2 aromatic carbocycles. The number of rotatable bonds is 18. The van der Waals surface area contributed by atoms with Crippen LogP contribution in [0.2, 0.25) is 0 Å². The summed E-state index contributed by atoms with van der Waals surface area (Å²) in [6, 6.07) is 10.6. The van der Waals surface area contributed by atoms with Gasteiger partial charge in [0.2, 0.25) is 7.37 Å². The summed E-state index contributed by atoms with van der Waals surface area (Å²) in [5, 5.41) is 47.5. The van der Waals surface area contributed by atoms with Crippen LogP contribution in [0, 0.1) is 0 Å². The van der Waals surface area contributed by atoms with Crippen LogP contribution in [0.1, 0.15) is 0 Å². The van der Waals surface area contributed by atoms with Crippen molar-refractivity contribution in [2.24, 2.45) is 0 Å². The summed E-state index contributed by atoms with van der Waals surface area (Å²) in [5.74, 6) is -5.47. The molecule has 0 fully saturated rings. The first-order chi connectivity index (χ1) is 23.5. The molecule has 266 valence electrons. The van der Waals surface area contributed by atoms with Crippen molar-refractivity contribution in [3.8, 4) is 33.9 Å². The predicted octanol–water partition coefficient (Wildman–Crippen LogP) is 1.64. The Labute approximate surface area is 282 Å². The number of ether oxygens (including phenoxy) is 2. The van der Waals surface area contributed by atoms with Crippen molar-refractivity contribution in [2.45, 2.75) is 0 Å². The summed E-state index contributed by atoms with van der Waals surface area (Å²) in [6.45, 7) is -2.21. The van der Waals surface area contributed by atoms with Gasteiger partial charge in [0.15, 0.2) is 5.43 Å². The van der Waals surface area contributed by atoms with Crippen LogP contribution in [0.4, 0.5) is 5.69 Å². The minimum Gasteiger partial charge on any atom is -0.508 e. The van der Waals surface area contributed by atoms with Gasteiger partial charge >= 0.3 is 23.9 Å². The second-order valence-corrected chi connectivity index (χ2v) is 13.4. The summed E-state index contributed by atoms with van der Waals surface area (Å²) in [4.78, 5) is 71.0. The van der Waals surface area contributed by atoms with Gasteiger partial charge in [-0.2, -0.15) is 0 Å². The fourth-order valence-electron chi connectivity index (χ4n) is 5.27. The van der Waals surface area contributed by atoms with Crippen molar-refractivity contribution in [2.75, 3.05) is 64.1 Å². The van der Waals surface area contributed by atoms with Gasteiger partial charge in [-0.3, -0.25) is 33.4 Å². The molecule has 1 heterocycles. The number of benzene rings is 3. The third kappa shape index (κ3) is 9.57. The lowest BCUT2D eigenvalue weighted by Gasteiger charge is -2.27. The number of aliphatic carboxylic acids is 4. The molecular weight excluding hydrogens is 683 g/mol. The molecule has 0 bridgehead atoms. The molecule has 0 saturated heterocycles. The number of nitrogens with zero attached hydrogens (tertiary/aromatic N) is 2. The predicted molar refractivity (Wildman–Crippen MR) is 177 cm³/mol. The Bertz CT molecular complexity index is 1970. The fraction of sp³-hybridized carbons (Fsp3) is 0.281. The van der Waals surface area contributed by atoms with Gasteiger partial charge in [0, 0.05) is 47.2 Å². The van der Waals surface area contributed by atoms with E-state index in [0.29, 0.717) is 16.5 Å². The first kappa shape index (κ1) is 37.3. The SMILES string of the molecule is CP(=O)(O)c1cc(N(CC(=O)O)CC(=O)O)c(OCCOCCN(CC(=O)O)CC(=O)O)cc1-c1c2ccc(=O)cc-2oc2cc(O)ccc12. The Kier molecular flexibility index (Phi) is 11.8. The Morgan fingerprint density at radius 2 is 1.44 bits per heavy atom. The van der Waals surface area contributed by atoms with Gasteiger partial charge in [-0.25, -0.2) is 0 Å². The van der Waals surface area contributed by atoms with Gasteiger partial charge in [0.05, 0.1) is 32.0 Å². The maximum atomic E-state index is 13.5. The van der Waals surface area contributed by atoms with Gasteiger partial charge in [-0.05, 0) is 42.0 Å². The summed E-state index contributed by atoms with van der Waals surface area (Å²) in [6.07, 6.45) is 0. The van der Waals surface area contributed by atoms with E-state index in [0.717, 1.165) is 22.5 Å². The van der Waals surface area contributed by atoms with Gasteiger partial charge in [0.25, 0.3) is 0 Å². The second-order valence-electron chi connectivity index (χ2n) is 11.1. The highest BCUT2D eigenvalue weighted by molar-refractivity contribution is 7.65. The summed E-state index contributed by atoms with van der Waals surface area (Å²) in [7, 11) is -4.25. The van der Waals surface area contributed by atoms with E-state index in [1.807, 2.05) is 0 Å². The molecule has 50 heavy (non-hydrogen) atoms. The van der Waals surface area contributed by atoms with Crippen molar-refractivity contribution in [1.29, 1.82) is 0 Å². The van der Waals surface area contributed by atoms with Gasteiger partial charge in [-0.15, -0.1) is 0 Å². The van der Waals surface area contributed by atoms with E-state index in [2.05, 4.69) is 0 Å². The number of carboxylic acid groups (broad SMARTS) is 4. The first-order valence-corrected chi connectivity index (χ1v) is 16.9. The van der Waals surface area contributed by atoms with E-state index in [9.17, 15) is 48.8 Å². The summed E-state index contributed by atoms with van der Waals surface area (Å²) >= 11 is 0. The molecule has 6 N–H and O–H groups in total. The third-order valence-corrected chi connectivity index (χ3v) is 8.48. The Morgan fingerprint density at radius 1 is 0.800 bits per heavy atom. The minimum absolute atomic E-state index is 0.0458. The lowest BCUT2D eigenvalue weighted by atomic mass is 9.93. The first-order valence-electron chi connectivity index (χ1n) is 14.8. The average molecular weight is 717 g/mol. The zero-order valence-corrected chi connectivity index (χ0v) is 27.4. The average Bonchev–Trinajstić information content (AvgIpc) is 2.99. The van der Waals surface area contributed by atoms with E-state index < -0.39 is 62.9 Å². The van der Waals surface area contributed by atoms with Crippen LogP contribution in [-0.4, -0.2) is 118 Å². The number of anilines is 1.